The van der Waals surface area contributed by atoms with E-state index in [9.17, 15) is 0 Å². The summed E-state index contributed by atoms with van der Waals surface area (Å²) in [6.07, 6.45) is 11.0. The maximum absolute atomic E-state index is 5.14. The summed E-state index contributed by atoms with van der Waals surface area (Å²) >= 11 is 0. The van der Waals surface area contributed by atoms with Crippen molar-refractivity contribution in [3.63, 3.8) is 0 Å². The molecule has 12 rings (SSSR count). The molecule has 1 nitrogen and oxygen atoms in total. The van der Waals surface area contributed by atoms with E-state index in [0.717, 1.165) is 0 Å². The van der Waals surface area contributed by atoms with Gasteiger partial charge in [0.2, 0.25) is 0 Å². The molecule has 0 amide bonds. The Kier molecular flexibility index (Phi) is 11.2. The van der Waals surface area contributed by atoms with E-state index in [2.05, 4.69) is 188 Å². The molecule has 0 saturated heterocycles. The van der Waals surface area contributed by atoms with Gasteiger partial charge in [0.05, 0.1) is 17.7 Å². The number of rotatable bonds is 4. The molecule has 0 fully saturated rings. The van der Waals surface area contributed by atoms with Gasteiger partial charge in [-0.25, -0.2) is 0 Å². The third kappa shape index (κ3) is 7.91. The molecule has 1 aliphatic carbocycles. The van der Waals surface area contributed by atoms with Crippen molar-refractivity contribution in [2.75, 3.05) is 7.11 Å². The Bertz CT molecular complexity index is 3110. The maximum Gasteiger partial charge on any atom is 0.323 e. The second-order valence-corrected chi connectivity index (χ2v) is 15.1. The molecular weight excluding hydrogens is 723 g/mol. The summed E-state index contributed by atoms with van der Waals surface area (Å²) < 4.78 is 5.14. The average Bonchev–Trinajstić information content (AvgIpc) is 3.34. The molecule has 0 spiro atoms. The van der Waals surface area contributed by atoms with Gasteiger partial charge >= 0.3 is 6.92 Å². The van der Waals surface area contributed by atoms with Crippen LogP contribution in [-0.4, -0.2) is 14.0 Å². The minimum atomic E-state index is 0.209. The lowest BCUT2D eigenvalue weighted by molar-refractivity contribution is 0.434. The summed E-state index contributed by atoms with van der Waals surface area (Å²) in [6, 6.07) is 73.0. The fraction of sp³-hybridized carbons (Fsp3) is 0.0345. The van der Waals surface area contributed by atoms with Gasteiger partial charge in [-0.05, 0) is 87.3 Å². The second kappa shape index (κ2) is 17.7. The molecule has 0 bridgehead atoms. The van der Waals surface area contributed by atoms with Crippen LogP contribution in [0.1, 0.15) is 5.56 Å². The van der Waals surface area contributed by atoms with Crippen LogP contribution in [0.2, 0.25) is 6.82 Å². The molecule has 284 valence electrons. The third-order valence-corrected chi connectivity index (χ3v) is 11.4. The van der Waals surface area contributed by atoms with Gasteiger partial charge in [0.1, 0.15) is 12.2 Å². The van der Waals surface area contributed by atoms with Gasteiger partial charge in [-0.1, -0.05) is 207 Å². The molecule has 11 aromatic carbocycles. The Hall–Kier alpha value is -7.35. The number of allylic oxidation sites excluding steroid dienone is 6. The van der Waals surface area contributed by atoms with E-state index in [1.807, 2.05) is 55.4 Å². The van der Waals surface area contributed by atoms with E-state index in [-0.39, 0.29) is 6.92 Å². The molecule has 0 atom stereocenters. The Balaban J connectivity index is 0.000000108. The summed E-state index contributed by atoms with van der Waals surface area (Å²) in [5.74, 6) is 0. The van der Waals surface area contributed by atoms with Crippen LogP contribution >= 0.6 is 0 Å². The highest BCUT2D eigenvalue weighted by Gasteiger charge is 2.13. The summed E-state index contributed by atoms with van der Waals surface area (Å²) in [7, 11) is 1.72. The molecule has 0 aliphatic heterocycles. The zero-order valence-corrected chi connectivity index (χ0v) is 33.9. The molecule has 60 heavy (non-hydrogen) atoms. The Labute approximate surface area is 353 Å². The van der Waals surface area contributed by atoms with Crippen molar-refractivity contribution in [3.05, 3.63) is 242 Å². The Morgan fingerprint density at radius 1 is 0.417 bits per heavy atom. The molecular formula is C58H44BO+. The van der Waals surface area contributed by atoms with Crippen LogP contribution < -0.4 is 5.46 Å². The first kappa shape index (κ1) is 38.2. The number of hydrogen-bond acceptors (Lipinski definition) is 1. The highest BCUT2D eigenvalue weighted by Crippen LogP contribution is 2.40. The lowest BCUT2D eigenvalue weighted by Crippen LogP contribution is -2.28. The van der Waals surface area contributed by atoms with Gasteiger partial charge < -0.3 is 4.65 Å². The Morgan fingerprint density at radius 2 is 0.850 bits per heavy atom. The molecule has 0 unspecified atom stereocenters. The van der Waals surface area contributed by atoms with E-state index in [4.69, 9.17) is 4.65 Å². The minimum Gasteiger partial charge on any atom is -0.434 e. The Morgan fingerprint density at radius 3 is 1.33 bits per heavy atom. The normalized spacial score (nSPS) is 11.7. The van der Waals surface area contributed by atoms with Gasteiger partial charge in [-0.15, -0.1) is 0 Å². The van der Waals surface area contributed by atoms with Crippen LogP contribution in [-0.2, 0) is 4.65 Å². The van der Waals surface area contributed by atoms with Gasteiger partial charge in [0.15, 0.2) is 0 Å². The smallest absolute Gasteiger partial charge is 0.323 e. The molecule has 0 saturated carbocycles. The van der Waals surface area contributed by atoms with Crippen LogP contribution in [0.3, 0.4) is 0 Å². The lowest BCUT2D eigenvalue weighted by atomic mass is 9.64. The monoisotopic (exact) mass is 767 g/mol. The zero-order valence-electron chi connectivity index (χ0n) is 33.9. The first-order chi connectivity index (χ1) is 29.7. The predicted molar refractivity (Wildman–Crippen MR) is 262 cm³/mol. The SMILES string of the molecule is COB(C)c1ccccc1.[C+]1=CC=C(c2ccccc2)C=C1.c1cc2ccc3cccc4ccc(c1)c2c34.c1ccc(-c2cc3cccc4ccc5cccc2c5c43)cc1. The highest BCUT2D eigenvalue weighted by atomic mass is 16.4. The van der Waals surface area contributed by atoms with Crippen LogP contribution in [0.4, 0.5) is 0 Å². The van der Waals surface area contributed by atoms with Crippen LogP contribution in [0.25, 0.3) is 81.3 Å². The molecule has 0 aromatic heterocycles. The highest BCUT2D eigenvalue weighted by molar-refractivity contribution is 6.66. The van der Waals surface area contributed by atoms with Crippen molar-refractivity contribution in [2.24, 2.45) is 0 Å². The van der Waals surface area contributed by atoms with Crippen molar-refractivity contribution < 1.29 is 4.65 Å². The molecule has 0 radical (unpaired) electrons. The fourth-order valence-corrected chi connectivity index (χ4v) is 8.36. The minimum absolute atomic E-state index is 0.209. The molecule has 11 aromatic rings. The van der Waals surface area contributed by atoms with Crippen molar-refractivity contribution in [2.45, 2.75) is 6.82 Å². The summed E-state index contributed by atoms with van der Waals surface area (Å²) in [6.45, 7) is 2.25. The fourth-order valence-electron chi connectivity index (χ4n) is 8.36. The van der Waals surface area contributed by atoms with Crippen molar-refractivity contribution in [1.29, 1.82) is 0 Å². The van der Waals surface area contributed by atoms with Crippen molar-refractivity contribution in [3.8, 4) is 11.1 Å². The van der Waals surface area contributed by atoms with Crippen molar-refractivity contribution >= 4 is 82.6 Å². The van der Waals surface area contributed by atoms with E-state index < -0.39 is 0 Å². The summed E-state index contributed by atoms with van der Waals surface area (Å²) in [4.78, 5) is 0. The average molecular weight is 768 g/mol. The summed E-state index contributed by atoms with van der Waals surface area (Å²) in [5, 5.41) is 16.2. The zero-order chi connectivity index (χ0) is 40.7. The maximum atomic E-state index is 5.14. The molecule has 0 N–H and O–H groups in total. The van der Waals surface area contributed by atoms with Crippen molar-refractivity contribution in [1.82, 2.24) is 0 Å². The summed E-state index contributed by atoms with van der Waals surface area (Å²) in [5.41, 5.74) is 6.32. The van der Waals surface area contributed by atoms with E-state index in [1.54, 1.807) is 7.11 Å². The van der Waals surface area contributed by atoms with Gasteiger partial charge in [-0.2, -0.15) is 0 Å². The lowest BCUT2D eigenvalue weighted by Gasteiger charge is -2.14. The van der Waals surface area contributed by atoms with Gasteiger partial charge in [0, 0.05) is 18.7 Å². The second-order valence-electron chi connectivity index (χ2n) is 15.1. The van der Waals surface area contributed by atoms with Gasteiger partial charge in [-0.3, -0.25) is 0 Å². The molecule has 1 aliphatic rings. The first-order valence-electron chi connectivity index (χ1n) is 20.6. The largest absolute Gasteiger partial charge is 0.434 e. The topological polar surface area (TPSA) is 9.23 Å². The van der Waals surface area contributed by atoms with E-state index in [1.165, 1.54) is 92.4 Å². The quantitative estimate of drug-likeness (QED) is 0.0984. The van der Waals surface area contributed by atoms with E-state index >= 15 is 0 Å². The van der Waals surface area contributed by atoms with E-state index in [0.29, 0.717) is 0 Å². The van der Waals surface area contributed by atoms with Crippen LogP contribution in [0.15, 0.2) is 231 Å². The number of hydrogen-bond donors (Lipinski definition) is 0. The molecule has 0 heterocycles. The molecule has 2 heteroatoms. The standard InChI is InChI=1S/C22H14.C16H10.C12H9.C8H11BO/c1-2-6-15(7-3-1)20-14-18-10-4-8-16-12-13-17-9-5-11-19(20)22(17)21(16)18;1-3-11-7-9-13-5-2-6-14-10-8-12(4-1)15(11)16(13)14;1-3-7-11(8-4-1)12-9-5-2-6-10-12;1-9(10-2)8-6-4-3-5-7-8/h1-14H;1-10H;1,3-10H;3-7H,1-2H3/q;;+1;. The van der Waals surface area contributed by atoms with Crippen LogP contribution in [0, 0.1) is 6.08 Å². The van der Waals surface area contributed by atoms with Crippen LogP contribution in [0.5, 0.6) is 0 Å². The first-order valence-corrected chi connectivity index (χ1v) is 20.6. The third-order valence-electron chi connectivity index (χ3n) is 11.4. The number of benzene rings is 11. The predicted octanol–water partition coefficient (Wildman–Crippen LogP) is 15.0. The van der Waals surface area contributed by atoms with Gasteiger partial charge in [0.25, 0.3) is 0 Å².